The number of hydrogen-bond donors (Lipinski definition) is 0. The van der Waals surface area contributed by atoms with Gasteiger partial charge in [0.05, 0.1) is 0 Å². The minimum absolute atomic E-state index is 0.0671. The minimum atomic E-state index is -0.751. The first-order valence-corrected chi connectivity index (χ1v) is 16.0. The zero-order valence-corrected chi connectivity index (χ0v) is 25.2. The predicted octanol–water partition coefficient (Wildman–Crippen LogP) is 9.02. The van der Waals surface area contributed by atoms with Crippen LogP contribution in [-0.4, -0.2) is 37.2 Å². The summed E-state index contributed by atoms with van der Waals surface area (Å²) in [7, 11) is 0. The number of ether oxygens (including phenoxy) is 3. The Bertz CT molecular complexity index is 562. The molecule has 6 heteroatoms. The quantitative estimate of drug-likeness (QED) is 0.0559. The predicted molar refractivity (Wildman–Crippen MR) is 155 cm³/mol. The zero-order valence-electron chi connectivity index (χ0n) is 25.2. The number of carbonyl (C=O) groups excluding carboxylic acids is 3. The summed E-state index contributed by atoms with van der Waals surface area (Å²) in [6.07, 6.45) is 22.7. The van der Waals surface area contributed by atoms with E-state index in [-0.39, 0.29) is 31.1 Å². The molecule has 0 N–H and O–H groups in total. The van der Waals surface area contributed by atoms with Gasteiger partial charge >= 0.3 is 17.9 Å². The van der Waals surface area contributed by atoms with Crippen molar-refractivity contribution >= 4 is 17.9 Å². The lowest BCUT2D eigenvalue weighted by atomic mass is 10.1. The summed E-state index contributed by atoms with van der Waals surface area (Å²) in [5.41, 5.74) is 0. The van der Waals surface area contributed by atoms with Crippen molar-refractivity contribution in [3.63, 3.8) is 0 Å². The number of rotatable bonds is 28. The average molecular weight is 541 g/mol. The Balaban J connectivity index is 4.34. The molecule has 0 aliphatic heterocycles. The second-order valence-corrected chi connectivity index (χ2v) is 10.7. The van der Waals surface area contributed by atoms with Gasteiger partial charge in [0.1, 0.15) is 13.2 Å². The molecule has 0 bridgehead atoms. The maximum absolute atomic E-state index is 12.4. The second kappa shape index (κ2) is 28.4. The molecule has 1 unspecified atom stereocenters. The Labute approximate surface area is 234 Å². The standard InChI is InChI=1S/C32H60O6/c1-4-7-10-13-16-17-20-22-25-31(34)37-28-29(38-32(35)26-23-19-15-12-9-6-3)27-36-30(33)24-21-18-14-11-8-5-2/h29H,4-28H2,1-3H3. The molecule has 0 aromatic carbocycles. The van der Waals surface area contributed by atoms with E-state index >= 15 is 0 Å². The molecule has 0 radical (unpaired) electrons. The average Bonchev–Trinajstić information content (AvgIpc) is 2.91. The summed E-state index contributed by atoms with van der Waals surface area (Å²) in [6.45, 7) is 6.44. The molecule has 0 spiro atoms. The maximum atomic E-state index is 12.4. The van der Waals surface area contributed by atoms with Gasteiger partial charge in [-0.25, -0.2) is 0 Å². The van der Waals surface area contributed by atoms with Crippen LogP contribution in [0.1, 0.15) is 168 Å². The Hall–Kier alpha value is -1.59. The first-order valence-electron chi connectivity index (χ1n) is 16.0. The lowest BCUT2D eigenvalue weighted by Gasteiger charge is -2.18. The van der Waals surface area contributed by atoms with Crippen LogP contribution in [0.4, 0.5) is 0 Å². The van der Waals surface area contributed by atoms with E-state index in [2.05, 4.69) is 20.8 Å². The van der Waals surface area contributed by atoms with Gasteiger partial charge < -0.3 is 14.2 Å². The van der Waals surface area contributed by atoms with Gasteiger partial charge in [-0.3, -0.25) is 14.4 Å². The molecular weight excluding hydrogens is 480 g/mol. The fourth-order valence-electron chi connectivity index (χ4n) is 4.38. The molecule has 0 aliphatic rings. The fourth-order valence-corrected chi connectivity index (χ4v) is 4.38. The highest BCUT2D eigenvalue weighted by atomic mass is 16.6. The van der Waals surface area contributed by atoms with Crippen molar-refractivity contribution in [1.29, 1.82) is 0 Å². The van der Waals surface area contributed by atoms with Gasteiger partial charge in [0.2, 0.25) is 0 Å². The summed E-state index contributed by atoms with van der Waals surface area (Å²) in [6, 6.07) is 0. The topological polar surface area (TPSA) is 78.9 Å². The summed E-state index contributed by atoms with van der Waals surface area (Å²) in [4.78, 5) is 36.8. The van der Waals surface area contributed by atoms with Crippen molar-refractivity contribution in [2.24, 2.45) is 0 Å². The van der Waals surface area contributed by atoms with Crippen LogP contribution in [0.15, 0.2) is 0 Å². The molecule has 0 aromatic rings. The Morgan fingerprint density at radius 3 is 1.05 bits per heavy atom. The highest BCUT2D eigenvalue weighted by Gasteiger charge is 2.19. The normalized spacial score (nSPS) is 11.8. The lowest BCUT2D eigenvalue weighted by molar-refractivity contribution is -0.167. The molecule has 1 atom stereocenters. The summed E-state index contributed by atoms with van der Waals surface area (Å²) < 4.78 is 16.3. The van der Waals surface area contributed by atoms with Crippen molar-refractivity contribution in [2.75, 3.05) is 13.2 Å². The monoisotopic (exact) mass is 540 g/mol. The van der Waals surface area contributed by atoms with Crippen LogP contribution in [0.3, 0.4) is 0 Å². The third kappa shape index (κ3) is 26.0. The van der Waals surface area contributed by atoms with Gasteiger partial charge in [-0.2, -0.15) is 0 Å². The molecule has 0 heterocycles. The Morgan fingerprint density at radius 2 is 0.711 bits per heavy atom. The van der Waals surface area contributed by atoms with Gasteiger partial charge in [-0.1, -0.05) is 130 Å². The number of esters is 3. The van der Waals surface area contributed by atoms with Crippen LogP contribution in [0.25, 0.3) is 0 Å². The van der Waals surface area contributed by atoms with Crippen LogP contribution in [-0.2, 0) is 28.6 Å². The number of carbonyl (C=O) groups is 3. The van der Waals surface area contributed by atoms with E-state index in [0.717, 1.165) is 57.8 Å². The smallest absolute Gasteiger partial charge is 0.306 e. The highest BCUT2D eigenvalue weighted by molar-refractivity contribution is 5.71. The molecule has 0 aromatic heterocycles. The minimum Gasteiger partial charge on any atom is -0.462 e. The third-order valence-corrected chi connectivity index (χ3v) is 6.86. The van der Waals surface area contributed by atoms with E-state index in [1.807, 2.05) is 0 Å². The first kappa shape index (κ1) is 36.4. The van der Waals surface area contributed by atoms with Gasteiger partial charge in [-0.05, 0) is 19.3 Å². The van der Waals surface area contributed by atoms with Crippen molar-refractivity contribution < 1.29 is 28.6 Å². The fraction of sp³-hybridized carbons (Fsp3) is 0.906. The summed E-state index contributed by atoms with van der Waals surface area (Å²) in [5, 5.41) is 0. The third-order valence-electron chi connectivity index (χ3n) is 6.86. The van der Waals surface area contributed by atoms with Crippen molar-refractivity contribution in [3.8, 4) is 0 Å². The van der Waals surface area contributed by atoms with E-state index in [0.29, 0.717) is 19.3 Å². The molecule has 224 valence electrons. The van der Waals surface area contributed by atoms with E-state index in [1.165, 1.54) is 70.6 Å². The van der Waals surface area contributed by atoms with E-state index in [1.54, 1.807) is 0 Å². The second-order valence-electron chi connectivity index (χ2n) is 10.7. The number of unbranched alkanes of at least 4 members (excludes halogenated alkanes) is 17. The Kier molecular flexibility index (Phi) is 27.2. The van der Waals surface area contributed by atoms with Gasteiger partial charge in [0.15, 0.2) is 6.10 Å². The van der Waals surface area contributed by atoms with Crippen LogP contribution < -0.4 is 0 Å². The molecular formula is C32H60O6. The van der Waals surface area contributed by atoms with Crippen LogP contribution >= 0.6 is 0 Å². The maximum Gasteiger partial charge on any atom is 0.306 e. The van der Waals surface area contributed by atoms with Gasteiger partial charge in [0, 0.05) is 19.3 Å². The SMILES string of the molecule is CCCCCCCCCCC(=O)OCC(COC(=O)CCCCCCCC)OC(=O)CCCCCCCC. The van der Waals surface area contributed by atoms with E-state index < -0.39 is 6.10 Å². The van der Waals surface area contributed by atoms with Crippen molar-refractivity contribution in [2.45, 2.75) is 175 Å². The largest absolute Gasteiger partial charge is 0.462 e. The van der Waals surface area contributed by atoms with Gasteiger partial charge in [0.25, 0.3) is 0 Å². The summed E-state index contributed by atoms with van der Waals surface area (Å²) in [5.74, 6) is -0.898. The van der Waals surface area contributed by atoms with Crippen molar-refractivity contribution in [1.82, 2.24) is 0 Å². The van der Waals surface area contributed by atoms with E-state index in [9.17, 15) is 14.4 Å². The van der Waals surface area contributed by atoms with Gasteiger partial charge in [-0.15, -0.1) is 0 Å². The van der Waals surface area contributed by atoms with Crippen LogP contribution in [0.5, 0.6) is 0 Å². The lowest BCUT2D eigenvalue weighted by Crippen LogP contribution is -2.30. The van der Waals surface area contributed by atoms with E-state index in [4.69, 9.17) is 14.2 Å². The van der Waals surface area contributed by atoms with Crippen molar-refractivity contribution in [3.05, 3.63) is 0 Å². The molecule has 0 rings (SSSR count). The van der Waals surface area contributed by atoms with Crippen LogP contribution in [0.2, 0.25) is 0 Å². The molecule has 6 nitrogen and oxygen atoms in total. The molecule has 0 aliphatic carbocycles. The summed E-state index contributed by atoms with van der Waals surface area (Å²) >= 11 is 0. The molecule has 38 heavy (non-hydrogen) atoms. The zero-order chi connectivity index (χ0) is 28.1. The highest BCUT2D eigenvalue weighted by Crippen LogP contribution is 2.12. The molecule has 0 saturated carbocycles. The first-order chi connectivity index (χ1) is 18.5. The Morgan fingerprint density at radius 1 is 0.421 bits per heavy atom. The molecule has 0 fully saturated rings. The number of hydrogen-bond acceptors (Lipinski definition) is 6. The molecule has 0 amide bonds. The van der Waals surface area contributed by atoms with Crippen LogP contribution in [0, 0.1) is 0 Å². The molecule has 0 saturated heterocycles.